The van der Waals surface area contributed by atoms with Gasteiger partial charge in [-0.25, -0.2) is 18.0 Å². The number of anilines is 2. The van der Waals surface area contributed by atoms with Gasteiger partial charge < -0.3 is 19.1 Å². The van der Waals surface area contributed by atoms with Crippen molar-refractivity contribution < 1.29 is 32.2 Å². The molecule has 0 unspecified atom stereocenters. The van der Waals surface area contributed by atoms with Crippen LogP contribution in [0.1, 0.15) is 0 Å². The molecule has 3 rings (SSSR count). The third kappa shape index (κ3) is 5.24. The average molecular weight is 471 g/mol. The standard InChI is InChI=1S/C23H22N2O7S/c1-30-18-11-7-16(8-12-18)24-33(28,29)19-13-9-17(10-14-19)25-15-5-4-6-20(22(26)31-2)21(25)23(27)32-3/h4-15,24H,1-3H3. The predicted octanol–water partition coefficient (Wildman–Crippen LogP) is 2.99. The summed E-state index contributed by atoms with van der Waals surface area (Å²) in [4.78, 5) is 26.2. The van der Waals surface area contributed by atoms with Gasteiger partial charge >= 0.3 is 11.9 Å². The minimum atomic E-state index is -3.87. The summed E-state index contributed by atoms with van der Waals surface area (Å²) < 4.78 is 42.7. The zero-order valence-electron chi connectivity index (χ0n) is 18.1. The number of allylic oxidation sites excluding steroid dienone is 2. The zero-order chi connectivity index (χ0) is 24.0. The molecule has 1 heterocycles. The number of carbonyl (C=O) groups excluding carboxylic acids is 2. The molecule has 0 bridgehead atoms. The van der Waals surface area contributed by atoms with Crippen molar-refractivity contribution in [3.63, 3.8) is 0 Å². The topological polar surface area (TPSA) is 111 Å². The monoisotopic (exact) mass is 470 g/mol. The van der Waals surface area contributed by atoms with Crippen LogP contribution in [0.5, 0.6) is 5.75 Å². The first-order chi connectivity index (χ1) is 15.8. The molecule has 0 amide bonds. The third-order valence-corrected chi connectivity index (χ3v) is 6.05. The summed E-state index contributed by atoms with van der Waals surface area (Å²) in [5.74, 6) is -0.879. The van der Waals surface area contributed by atoms with Gasteiger partial charge in [0.05, 0.1) is 31.8 Å². The molecule has 0 fully saturated rings. The van der Waals surface area contributed by atoms with Crippen LogP contribution in [0.4, 0.5) is 11.4 Å². The van der Waals surface area contributed by atoms with Gasteiger partial charge in [0.2, 0.25) is 0 Å². The lowest BCUT2D eigenvalue weighted by Crippen LogP contribution is -2.27. The van der Waals surface area contributed by atoms with E-state index in [0.717, 1.165) is 0 Å². The van der Waals surface area contributed by atoms with E-state index in [-0.39, 0.29) is 16.2 Å². The van der Waals surface area contributed by atoms with E-state index >= 15 is 0 Å². The van der Waals surface area contributed by atoms with Crippen LogP contribution in [0.3, 0.4) is 0 Å². The smallest absolute Gasteiger partial charge is 0.355 e. The average Bonchev–Trinajstić information content (AvgIpc) is 3.06. The molecule has 0 spiro atoms. The van der Waals surface area contributed by atoms with Crippen molar-refractivity contribution in [2.24, 2.45) is 0 Å². The van der Waals surface area contributed by atoms with Gasteiger partial charge in [-0.15, -0.1) is 0 Å². The molecule has 33 heavy (non-hydrogen) atoms. The maximum Gasteiger partial charge on any atom is 0.355 e. The molecule has 0 saturated heterocycles. The second-order valence-corrected chi connectivity index (χ2v) is 8.33. The largest absolute Gasteiger partial charge is 0.497 e. The van der Waals surface area contributed by atoms with E-state index in [0.29, 0.717) is 17.1 Å². The van der Waals surface area contributed by atoms with Crippen LogP contribution in [0.2, 0.25) is 0 Å². The maximum absolute atomic E-state index is 12.8. The van der Waals surface area contributed by atoms with Crippen molar-refractivity contribution in [3.8, 4) is 5.75 Å². The highest BCUT2D eigenvalue weighted by molar-refractivity contribution is 7.92. The number of carbonyl (C=O) groups is 2. The highest BCUT2D eigenvalue weighted by atomic mass is 32.2. The summed E-state index contributed by atoms with van der Waals surface area (Å²) in [7, 11) is 0.0516. The fourth-order valence-corrected chi connectivity index (χ4v) is 4.08. The summed E-state index contributed by atoms with van der Waals surface area (Å²) in [6.07, 6.45) is 6.19. The van der Waals surface area contributed by atoms with E-state index in [1.54, 1.807) is 42.6 Å². The number of hydrogen-bond acceptors (Lipinski definition) is 8. The fraction of sp³-hybridized carbons (Fsp3) is 0.130. The number of methoxy groups -OCH3 is 3. The van der Waals surface area contributed by atoms with Crippen molar-refractivity contribution in [2.45, 2.75) is 4.90 Å². The number of benzene rings is 2. The Balaban J connectivity index is 1.94. The summed E-state index contributed by atoms with van der Waals surface area (Å²) in [5.41, 5.74) is 0.730. The number of hydrogen-bond donors (Lipinski definition) is 1. The van der Waals surface area contributed by atoms with E-state index in [1.165, 1.54) is 56.6 Å². The molecule has 10 heteroatoms. The van der Waals surface area contributed by atoms with Crippen molar-refractivity contribution in [2.75, 3.05) is 31.0 Å². The molecule has 0 saturated carbocycles. The van der Waals surface area contributed by atoms with Crippen LogP contribution in [0, 0.1) is 0 Å². The van der Waals surface area contributed by atoms with E-state index in [2.05, 4.69) is 4.72 Å². The molecular formula is C23H22N2O7S. The second kappa shape index (κ2) is 10.0. The number of rotatable bonds is 7. The molecule has 1 aliphatic heterocycles. The van der Waals surface area contributed by atoms with Gasteiger partial charge in [-0.1, -0.05) is 6.08 Å². The van der Waals surface area contributed by atoms with Crippen LogP contribution >= 0.6 is 0 Å². The van der Waals surface area contributed by atoms with Crippen LogP contribution in [0.15, 0.2) is 89.1 Å². The molecule has 0 aliphatic carbocycles. The van der Waals surface area contributed by atoms with Crippen molar-refractivity contribution >= 4 is 33.3 Å². The van der Waals surface area contributed by atoms with E-state index < -0.39 is 22.0 Å². The number of nitrogens with zero attached hydrogens (tertiary/aromatic N) is 1. The van der Waals surface area contributed by atoms with E-state index in [9.17, 15) is 18.0 Å². The van der Waals surface area contributed by atoms with Gasteiger partial charge in [-0.2, -0.15) is 0 Å². The molecule has 0 aromatic heterocycles. The molecule has 0 radical (unpaired) electrons. The molecular weight excluding hydrogens is 448 g/mol. The van der Waals surface area contributed by atoms with Crippen LogP contribution < -0.4 is 14.4 Å². The first-order valence-corrected chi connectivity index (χ1v) is 11.1. The Bertz CT molecular complexity index is 1230. The van der Waals surface area contributed by atoms with Gasteiger partial charge in [0.25, 0.3) is 10.0 Å². The molecule has 2 aromatic rings. The normalized spacial score (nSPS) is 13.4. The van der Waals surface area contributed by atoms with Gasteiger partial charge in [0, 0.05) is 17.6 Å². The van der Waals surface area contributed by atoms with Gasteiger partial charge in [-0.3, -0.25) is 4.72 Å². The quantitative estimate of drug-likeness (QED) is 0.615. The molecule has 172 valence electrons. The summed E-state index contributed by atoms with van der Waals surface area (Å²) in [5, 5.41) is 0. The zero-order valence-corrected chi connectivity index (χ0v) is 19.0. The van der Waals surface area contributed by atoms with Gasteiger partial charge in [0.15, 0.2) is 0 Å². The number of esters is 2. The lowest BCUT2D eigenvalue weighted by Gasteiger charge is -2.23. The Morgan fingerprint density at radius 3 is 2.06 bits per heavy atom. The Kier molecular flexibility index (Phi) is 7.19. The van der Waals surface area contributed by atoms with Crippen LogP contribution in [0.25, 0.3) is 0 Å². The van der Waals surface area contributed by atoms with Crippen LogP contribution in [-0.4, -0.2) is 41.7 Å². The molecule has 2 aromatic carbocycles. The minimum absolute atomic E-state index is 0.00720. The maximum atomic E-state index is 12.8. The van der Waals surface area contributed by atoms with Crippen molar-refractivity contribution in [1.82, 2.24) is 0 Å². The third-order valence-electron chi connectivity index (χ3n) is 4.66. The fourth-order valence-electron chi connectivity index (χ4n) is 3.02. The van der Waals surface area contributed by atoms with Crippen molar-refractivity contribution in [1.29, 1.82) is 0 Å². The second-order valence-electron chi connectivity index (χ2n) is 6.64. The highest BCUT2D eigenvalue weighted by Crippen LogP contribution is 2.28. The molecule has 1 N–H and O–H groups in total. The lowest BCUT2D eigenvalue weighted by atomic mass is 10.1. The Labute approximate surface area is 191 Å². The van der Waals surface area contributed by atoms with Crippen molar-refractivity contribution in [3.05, 3.63) is 84.2 Å². The van der Waals surface area contributed by atoms with Gasteiger partial charge in [-0.05, 0) is 60.7 Å². The SMILES string of the molecule is COC(=O)C1=C(C(=O)OC)N(c2ccc(S(=O)(=O)Nc3ccc(OC)cc3)cc2)C=CC=C1. The number of sulfonamides is 1. The van der Waals surface area contributed by atoms with E-state index in [4.69, 9.17) is 14.2 Å². The summed E-state index contributed by atoms with van der Waals surface area (Å²) in [6, 6.07) is 12.2. The summed E-state index contributed by atoms with van der Waals surface area (Å²) in [6.45, 7) is 0. The molecule has 9 nitrogen and oxygen atoms in total. The molecule has 0 atom stereocenters. The Hall–Kier alpha value is -4.05. The minimum Gasteiger partial charge on any atom is -0.497 e. The summed E-state index contributed by atoms with van der Waals surface area (Å²) >= 11 is 0. The Morgan fingerprint density at radius 1 is 0.848 bits per heavy atom. The predicted molar refractivity (Wildman–Crippen MR) is 122 cm³/mol. The van der Waals surface area contributed by atoms with Crippen LogP contribution in [-0.2, 0) is 29.1 Å². The van der Waals surface area contributed by atoms with E-state index in [1.807, 2.05) is 0 Å². The molecule has 1 aliphatic rings. The lowest BCUT2D eigenvalue weighted by molar-refractivity contribution is -0.139. The number of ether oxygens (including phenoxy) is 3. The van der Waals surface area contributed by atoms with Gasteiger partial charge in [0.1, 0.15) is 11.4 Å². The number of nitrogens with one attached hydrogen (secondary N) is 1. The highest BCUT2D eigenvalue weighted by Gasteiger charge is 2.27. The first-order valence-electron chi connectivity index (χ1n) is 9.62. The first kappa shape index (κ1) is 23.6. The Morgan fingerprint density at radius 2 is 1.48 bits per heavy atom.